The van der Waals surface area contributed by atoms with E-state index in [-0.39, 0.29) is 30.4 Å². The number of likely N-dealkylation sites (tertiary alicyclic amines) is 1. The minimum Gasteiger partial charge on any atom is -0.394 e. The predicted molar refractivity (Wildman–Crippen MR) is 78.3 cm³/mol. The SMILES string of the molecule is N#C[C@@H]1[C@@H](c2ccccc2)[C@H](CO)N1C(=O)C1CCCC1. The zero-order valence-electron chi connectivity index (χ0n) is 12.0. The summed E-state index contributed by atoms with van der Waals surface area (Å²) in [6.07, 6.45) is 4.02. The normalized spacial score (nSPS) is 29.0. The molecule has 4 nitrogen and oxygen atoms in total. The molecule has 1 aromatic carbocycles. The van der Waals surface area contributed by atoms with Crippen LogP contribution >= 0.6 is 0 Å². The molecule has 1 amide bonds. The molecule has 0 radical (unpaired) electrons. The van der Waals surface area contributed by atoms with Crippen molar-refractivity contribution in [2.75, 3.05) is 6.61 Å². The van der Waals surface area contributed by atoms with Gasteiger partial charge in [0, 0.05) is 11.8 Å². The van der Waals surface area contributed by atoms with Crippen LogP contribution in [0.15, 0.2) is 30.3 Å². The average Bonchev–Trinajstić information content (AvgIpc) is 3.02. The van der Waals surface area contributed by atoms with Gasteiger partial charge in [-0.3, -0.25) is 4.79 Å². The van der Waals surface area contributed by atoms with E-state index in [1.165, 1.54) is 0 Å². The Kier molecular flexibility index (Phi) is 3.94. The molecular weight excluding hydrogens is 264 g/mol. The number of nitrogens with zero attached hydrogens (tertiary/aromatic N) is 2. The highest BCUT2D eigenvalue weighted by atomic mass is 16.3. The predicted octanol–water partition coefficient (Wildman–Crippen LogP) is 2.06. The zero-order valence-corrected chi connectivity index (χ0v) is 12.0. The van der Waals surface area contributed by atoms with Gasteiger partial charge in [-0.1, -0.05) is 43.2 Å². The number of benzene rings is 1. The molecule has 0 unspecified atom stereocenters. The maximum Gasteiger partial charge on any atom is 0.227 e. The zero-order chi connectivity index (χ0) is 14.8. The summed E-state index contributed by atoms with van der Waals surface area (Å²) in [5.41, 5.74) is 1.03. The second kappa shape index (κ2) is 5.87. The quantitative estimate of drug-likeness (QED) is 0.924. The first-order valence-corrected chi connectivity index (χ1v) is 7.65. The molecule has 4 heteroatoms. The summed E-state index contributed by atoms with van der Waals surface area (Å²) in [7, 11) is 0. The number of hydrogen-bond acceptors (Lipinski definition) is 3. The number of rotatable bonds is 3. The van der Waals surface area contributed by atoms with Crippen molar-refractivity contribution >= 4 is 5.91 Å². The highest BCUT2D eigenvalue weighted by Gasteiger charge is 2.52. The second-order valence-corrected chi connectivity index (χ2v) is 5.99. The molecule has 1 aliphatic heterocycles. The lowest BCUT2D eigenvalue weighted by molar-refractivity contribution is -0.151. The molecule has 0 aromatic heterocycles. The Balaban J connectivity index is 1.83. The van der Waals surface area contributed by atoms with Crippen molar-refractivity contribution in [2.24, 2.45) is 5.92 Å². The van der Waals surface area contributed by atoms with E-state index in [4.69, 9.17) is 0 Å². The van der Waals surface area contributed by atoms with Crippen LogP contribution in [0.1, 0.15) is 37.2 Å². The number of hydrogen-bond donors (Lipinski definition) is 1. The van der Waals surface area contributed by atoms with Gasteiger partial charge < -0.3 is 10.0 Å². The van der Waals surface area contributed by atoms with Gasteiger partial charge in [-0.15, -0.1) is 0 Å². The second-order valence-electron chi connectivity index (χ2n) is 5.99. The van der Waals surface area contributed by atoms with E-state index in [2.05, 4.69) is 6.07 Å². The Morgan fingerprint density at radius 2 is 1.95 bits per heavy atom. The Labute approximate surface area is 125 Å². The van der Waals surface area contributed by atoms with Crippen molar-refractivity contribution in [3.63, 3.8) is 0 Å². The van der Waals surface area contributed by atoms with E-state index in [0.717, 1.165) is 31.2 Å². The Morgan fingerprint density at radius 1 is 1.29 bits per heavy atom. The van der Waals surface area contributed by atoms with Gasteiger partial charge in [-0.05, 0) is 18.4 Å². The van der Waals surface area contributed by atoms with Crippen LogP contribution in [0.2, 0.25) is 0 Å². The fourth-order valence-corrected chi connectivity index (χ4v) is 3.77. The number of aliphatic hydroxyl groups is 1. The largest absolute Gasteiger partial charge is 0.394 e. The molecule has 1 aliphatic carbocycles. The van der Waals surface area contributed by atoms with E-state index in [1.807, 2.05) is 30.3 Å². The van der Waals surface area contributed by atoms with Crippen molar-refractivity contribution in [3.8, 4) is 6.07 Å². The Hall–Kier alpha value is -1.86. The summed E-state index contributed by atoms with van der Waals surface area (Å²) in [6, 6.07) is 11.3. The average molecular weight is 284 g/mol. The fourth-order valence-electron chi connectivity index (χ4n) is 3.77. The van der Waals surface area contributed by atoms with Crippen molar-refractivity contribution in [1.29, 1.82) is 5.26 Å². The summed E-state index contributed by atoms with van der Waals surface area (Å²) in [4.78, 5) is 14.2. The van der Waals surface area contributed by atoms with Gasteiger partial charge in [0.25, 0.3) is 0 Å². The minimum absolute atomic E-state index is 0.0478. The van der Waals surface area contributed by atoms with E-state index < -0.39 is 6.04 Å². The monoisotopic (exact) mass is 284 g/mol. The molecule has 110 valence electrons. The number of carbonyl (C=O) groups is 1. The van der Waals surface area contributed by atoms with Crippen LogP contribution in [0.3, 0.4) is 0 Å². The van der Waals surface area contributed by atoms with Gasteiger partial charge >= 0.3 is 0 Å². The molecule has 2 fully saturated rings. The number of aliphatic hydroxyl groups excluding tert-OH is 1. The van der Waals surface area contributed by atoms with Gasteiger partial charge in [0.1, 0.15) is 6.04 Å². The fraction of sp³-hybridized carbons (Fsp3) is 0.529. The Bertz CT molecular complexity index is 546. The number of amides is 1. The summed E-state index contributed by atoms with van der Waals surface area (Å²) in [5.74, 6) is 0.0310. The molecule has 1 N–H and O–H groups in total. The molecule has 1 aromatic rings. The molecule has 1 saturated carbocycles. The first-order valence-electron chi connectivity index (χ1n) is 7.65. The van der Waals surface area contributed by atoms with Crippen LogP contribution in [0.25, 0.3) is 0 Å². The molecule has 21 heavy (non-hydrogen) atoms. The third-order valence-electron chi connectivity index (χ3n) is 4.87. The van der Waals surface area contributed by atoms with E-state index in [0.29, 0.717) is 0 Å². The van der Waals surface area contributed by atoms with Gasteiger partial charge in [0.15, 0.2) is 0 Å². The first-order chi connectivity index (χ1) is 10.3. The summed E-state index contributed by atoms with van der Waals surface area (Å²) >= 11 is 0. The first kappa shape index (κ1) is 14.1. The molecule has 0 spiro atoms. The van der Waals surface area contributed by atoms with E-state index >= 15 is 0 Å². The van der Waals surface area contributed by atoms with Gasteiger partial charge in [0.05, 0.1) is 18.7 Å². The molecule has 2 aliphatic rings. The molecule has 3 atom stereocenters. The smallest absolute Gasteiger partial charge is 0.227 e. The lowest BCUT2D eigenvalue weighted by atomic mass is 9.75. The summed E-state index contributed by atoms with van der Waals surface area (Å²) in [5, 5.41) is 19.2. The molecule has 1 heterocycles. The van der Waals surface area contributed by atoms with E-state index in [1.54, 1.807) is 4.90 Å². The maximum absolute atomic E-state index is 12.6. The van der Waals surface area contributed by atoms with Crippen molar-refractivity contribution < 1.29 is 9.90 Å². The molecule has 3 rings (SSSR count). The lowest BCUT2D eigenvalue weighted by Crippen LogP contribution is -2.66. The van der Waals surface area contributed by atoms with Crippen LogP contribution in [0.5, 0.6) is 0 Å². The number of carbonyl (C=O) groups excluding carboxylic acids is 1. The maximum atomic E-state index is 12.6. The van der Waals surface area contributed by atoms with Gasteiger partial charge in [-0.2, -0.15) is 5.26 Å². The Morgan fingerprint density at radius 3 is 2.52 bits per heavy atom. The van der Waals surface area contributed by atoms with Crippen molar-refractivity contribution in [1.82, 2.24) is 4.90 Å². The summed E-state index contributed by atoms with van der Waals surface area (Å²) < 4.78 is 0. The third kappa shape index (κ3) is 2.32. The summed E-state index contributed by atoms with van der Waals surface area (Å²) in [6.45, 7) is -0.0871. The topological polar surface area (TPSA) is 64.3 Å². The van der Waals surface area contributed by atoms with Crippen LogP contribution < -0.4 is 0 Å². The highest BCUT2D eigenvalue weighted by Crippen LogP contribution is 2.42. The van der Waals surface area contributed by atoms with Crippen molar-refractivity contribution in [3.05, 3.63) is 35.9 Å². The van der Waals surface area contributed by atoms with Gasteiger partial charge in [0.2, 0.25) is 5.91 Å². The molecule has 0 bridgehead atoms. The van der Waals surface area contributed by atoms with Crippen LogP contribution in [0.4, 0.5) is 0 Å². The van der Waals surface area contributed by atoms with Gasteiger partial charge in [-0.25, -0.2) is 0 Å². The van der Waals surface area contributed by atoms with Crippen LogP contribution in [0, 0.1) is 17.2 Å². The highest BCUT2D eigenvalue weighted by molar-refractivity contribution is 5.81. The van der Waals surface area contributed by atoms with Crippen LogP contribution in [-0.4, -0.2) is 34.6 Å². The molecular formula is C17H20N2O2. The number of nitriles is 1. The van der Waals surface area contributed by atoms with Crippen LogP contribution in [-0.2, 0) is 4.79 Å². The minimum atomic E-state index is -0.447. The van der Waals surface area contributed by atoms with Crippen molar-refractivity contribution in [2.45, 2.75) is 43.7 Å². The standard InChI is InChI=1S/C17H20N2O2/c18-10-14-16(12-6-2-1-3-7-12)15(11-20)19(14)17(21)13-8-4-5-9-13/h1-3,6-7,13-16,20H,4-5,8-9,11H2/t14-,15+,16-/m1/s1. The third-order valence-corrected chi connectivity index (χ3v) is 4.87. The lowest BCUT2D eigenvalue weighted by Gasteiger charge is -2.52. The van der Waals surface area contributed by atoms with E-state index in [9.17, 15) is 15.2 Å². The molecule has 1 saturated heterocycles.